The molecule has 26 heavy (non-hydrogen) atoms. The molecule has 0 saturated carbocycles. The molecular weight excluding hydrogens is 355 g/mol. The van der Waals surface area contributed by atoms with Crippen molar-refractivity contribution >= 4 is 17.6 Å². The van der Waals surface area contributed by atoms with Crippen LogP contribution >= 0.6 is 11.6 Å². The summed E-state index contributed by atoms with van der Waals surface area (Å²) in [5.41, 5.74) is 2.12. The number of carbonyl (C=O) groups is 1. The van der Waals surface area contributed by atoms with E-state index in [9.17, 15) is 14.3 Å². The van der Waals surface area contributed by atoms with Gasteiger partial charge in [0.25, 0.3) is 0 Å². The molecule has 0 aliphatic rings. The van der Waals surface area contributed by atoms with E-state index in [1.165, 1.54) is 12.1 Å². The summed E-state index contributed by atoms with van der Waals surface area (Å²) in [6, 6.07) is 4.29. The molecule has 4 nitrogen and oxygen atoms in total. The van der Waals surface area contributed by atoms with Crippen LogP contribution in [0.2, 0.25) is 5.02 Å². The van der Waals surface area contributed by atoms with Gasteiger partial charge in [-0.05, 0) is 48.8 Å². The van der Waals surface area contributed by atoms with Gasteiger partial charge in [-0.15, -0.1) is 0 Å². The molecule has 0 aliphatic heterocycles. The monoisotopic (exact) mass is 380 g/mol. The summed E-state index contributed by atoms with van der Waals surface area (Å²) < 4.78 is 15.1. The van der Waals surface area contributed by atoms with Crippen molar-refractivity contribution in [3.05, 3.63) is 46.0 Å². The number of rotatable bonds is 6. The van der Waals surface area contributed by atoms with E-state index in [1.807, 2.05) is 6.92 Å². The zero-order valence-corrected chi connectivity index (χ0v) is 16.7. The first-order chi connectivity index (χ1) is 12.0. The Bertz CT molecular complexity index is 809. The first-order valence-electron chi connectivity index (χ1n) is 8.83. The van der Waals surface area contributed by atoms with Crippen molar-refractivity contribution in [3.63, 3.8) is 0 Å². The highest BCUT2D eigenvalue weighted by atomic mass is 35.5. The fraction of sp³-hybridized carbons (Fsp3) is 0.500. The number of aromatic nitrogens is 2. The maximum Gasteiger partial charge on any atom is 0.339 e. The van der Waals surface area contributed by atoms with Crippen LogP contribution in [0.25, 0.3) is 5.69 Å². The predicted molar refractivity (Wildman–Crippen MR) is 102 cm³/mol. The van der Waals surface area contributed by atoms with Crippen LogP contribution in [-0.4, -0.2) is 20.9 Å². The fourth-order valence-electron chi connectivity index (χ4n) is 3.50. The smallest absolute Gasteiger partial charge is 0.339 e. The standard InChI is InChI=1S/C20H26ClFN2O2/c1-6-17-18(19(25)26)16(9-12(2)11-20(3,4)5)23-24(17)13-7-8-15(22)14(21)10-13/h7-8,10,12H,6,9,11H2,1-5H3,(H,25,26). The Morgan fingerprint density at radius 2 is 2.04 bits per heavy atom. The highest BCUT2D eigenvalue weighted by Gasteiger charge is 2.25. The van der Waals surface area contributed by atoms with Gasteiger partial charge in [-0.2, -0.15) is 5.10 Å². The summed E-state index contributed by atoms with van der Waals surface area (Å²) >= 11 is 5.89. The Labute approximate surface area is 159 Å². The summed E-state index contributed by atoms with van der Waals surface area (Å²) in [6.45, 7) is 10.5. The molecule has 6 heteroatoms. The molecule has 1 unspecified atom stereocenters. The number of carboxylic acid groups (broad SMARTS) is 1. The van der Waals surface area contributed by atoms with Gasteiger partial charge < -0.3 is 5.11 Å². The highest BCUT2D eigenvalue weighted by Crippen LogP contribution is 2.29. The Kier molecular flexibility index (Phi) is 6.12. The maximum absolute atomic E-state index is 13.5. The Hall–Kier alpha value is -1.88. The van der Waals surface area contributed by atoms with Gasteiger partial charge in [0.15, 0.2) is 0 Å². The lowest BCUT2D eigenvalue weighted by atomic mass is 9.83. The Morgan fingerprint density at radius 1 is 1.38 bits per heavy atom. The van der Waals surface area contributed by atoms with Crippen molar-refractivity contribution in [1.29, 1.82) is 0 Å². The van der Waals surface area contributed by atoms with Gasteiger partial charge in [-0.1, -0.05) is 46.2 Å². The number of halogens is 2. The van der Waals surface area contributed by atoms with Gasteiger partial charge in [0.2, 0.25) is 0 Å². The van der Waals surface area contributed by atoms with Crippen LogP contribution in [0.1, 0.15) is 62.8 Å². The van der Waals surface area contributed by atoms with Crippen LogP contribution in [0.3, 0.4) is 0 Å². The molecule has 1 aromatic carbocycles. The molecule has 2 aromatic rings. The fourth-order valence-corrected chi connectivity index (χ4v) is 3.67. The summed E-state index contributed by atoms with van der Waals surface area (Å²) in [6.07, 6.45) is 2.04. The van der Waals surface area contributed by atoms with E-state index >= 15 is 0 Å². The normalized spacial score (nSPS) is 13.0. The van der Waals surface area contributed by atoms with Crippen LogP contribution in [0.15, 0.2) is 18.2 Å². The second kappa shape index (κ2) is 7.78. The van der Waals surface area contributed by atoms with Gasteiger partial charge in [0.05, 0.1) is 22.1 Å². The summed E-state index contributed by atoms with van der Waals surface area (Å²) in [5.74, 6) is -1.21. The lowest BCUT2D eigenvalue weighted by Gasteiger charge is -2.22. The SMILES string of the molecule is CCc1c(C(=O)O)c(CC(C)CC(C)(C)C)nn1-c1ccc(F)c(Cl)c1. The molecule has 0 saturated heterocycles. The molecule has 0 spiro atoms. The Balaban J connectivity index is 2.50. The minimum absolute atomic E-state index is 0.0143. The Morgan fingerprint density at radius 3 is 2.54 bits per heavy atom. The third-order valence-electron chi connectivity index (χ3n) is 4.25. The van der Waals surface area contributed by atoms with Crippen LogP contribution in [0.5, 0.6) is 0 Å². The van der Waals surface area contributed by atoms with E-state index in [4.69, 9.17) is 11.6 Å². The summed E-state index contributed by atoms with van der Waals surface area (Å²) in [5, 5.41) is 14.3. The number of nitrogens with zero attached hydrogens (tertiary/aromatic N) is 2. The van der Waals surface area contributed by atoms with E-state index in [1.54, 1.807) is 10.7 Å². The molecule has 0 bridgehead atoms. The van der Waals surface area contributed by atoms with Crippen molar-refractivity contribution < 1.29 is 14.3 Å². The largest absolute Gasteiger partial charge is 0.478 e. The maximum atomic E-state index is 13.5. The lowest BCUT2D eigenvalue weighted by Crippen LogP contribution is -2.14. The molecule has 1 N–H and O–H groups in total. The average Bonchev–Trinajstić information content (AvgIpc) is 2.86. The molecule has 0 amide bonds. The average molecular weight is 381 g/mol. The lowest BCUT2D eigenvalue weighted by molar-refractivity contribution is 0.0694. The van der Waals surface area contributed by atoms with Gasteiger partial charge in [-0.25, -0.2) is 13.9 Å². The quantitative estimate of drug-likeness (QED) is 0.715. The van der Waals surface area contributed by atoms with Gasteiger partial charge in [0.1, 0.15) is 11.4 Å². The van der Waals surface area contributed by atoms with Crippen molar-refractivity contribution in [2.75, 3.05) is 0 Å². The summed E-state index contributed by atoms with van der Waals surface area (Å²) in [4.78, 5) is 11.9. The van der Waals surface area contributed by atoms with E-state index < -0.39 is 11.8 Å². The topological polar surface area (TPSA) is 55.1 Å². The van der Waals surface area contributed by atoms with Crippen molar-refractivity contribution in [1.82, 2.24) is 9.78 Å². The first kappa shape index (κ1) is 20.4. The third kappa shape index (κ3) is 4.64. The van der Waals surface area contributed by atoms with Crippen molar-refractivity contribution in [2.45, 2.75) is 53.9 Å². The van der Waals surface area contributed by atoms with E-state index in [-0.39, 0.29) is 21.9 Å². The molecule has 142 valence electrons. The van der Waals surface area contributed by atoms with Crippen LogP contribution in [0, 0.1) is 17.2 Å². The second-order valence-corrected chi connectivity index (χ2v) is 8.42. The number of aromatic carboxylic acids is 1. The molecular formula is C20H26ClFN2O2. The number of carboxylic acids is 1. The zero-order valence-electron chi connectivity index (χ0n) is 15.9. The molecule has 0 fully saturated rings. The van der Waals surface area contributed by atoms with Gasteiger partial charge >= 0.3 is 5.97 Å². The molecule has 1 aromatic heterocycles. The van der Waals surface area contributed by atoms with Gasteiger partial charge in [0, 0.05) is 0 Å². The third-order valence-corrected chi connectivity index (χ3v) is 4.54. The van der Waals surface area contributed by atoms with E-state index in [2.05, 4.69) is 32.8 Å². The van der Waals surface area contributed by atoms with Crippen molar-refractivity contribution in [3.8, 4) is 5.69 Å². The van der Waals surface area contributed by atoms with E-state index in [0.717, 1.165) is 6.42 Å². The van der Waals surface area contributed by atoms with Gasteiger partial charge in [-0.3, -0.25) is 0 Å². The minimum atomic E-state index is -0.987. The van der Waals surface area contributed by atoms with Crippen LogP contribution in [0.4, 0.5) is 4.39 Å². The highest BCUT2D eigenvalue weighted by molar-refractivity contribution is 6.30. The summed E-state index contributed by atoms with van der Waals surface area (Å²) in [7, 11) is 0. The molecule has 1 heterocycles. The first-order valence-corrected chi connectivity index (χ1v) is 9.20. The molecule has 2 rings (SSSR count). The van der Waals surface area contributed by atoms with Crippen LogP contribution in [-0.2, 0) is 12.8 Å². The predicted octanol–water partition coefficient (Wildman–Crippen LogP) is 5.54. The molecule has 0 radical (unpaired) electrons. The number of hydrogen-bond acceptors (Lipinski definition) is 2. The molecule has 1 atom stereocenters. The minimum Gasteiger partial charge on any atom is -0.478 e. The zero-order chi connectivity index (χ0) is 19.6. The van der Waals surface area contributed by atoms with Crippen molar-refractivity contribution in [2.24, 2.45) is 11.3 Å². The van der Waals surface area contributed by atoms with E-state index in [0.29, 0.717) is 29.9 Å². The molecule has 0 aliphatic carbocycles. The number of hydrogen-bond donors (Lipinski definition) is 1. The number of benzene rings is 1. The second-order valence-electron chi connectivity index (χ2n) is 8.01. The van der Waals surface area contributed by atoms with Crippen LogP contribution < -0.4 is 0 Å².